The van der Waals surface area contributed by atoms with E-state index in [0.29, 0.717) is 26.2 Å². The molecule has 186 valence electrons. The van der Waals surface area contributed by atoms with Gasteiger partial charge in [0.2, 0.25) is 11.9 Å². The second kappa shape index (κ2) is 10.9. The van der Waals surface area contributed by atoms with Crippen LogP contribution in [0.1, 0.15) is 39.2 Å². The van der Waals surface area contributed by atoms with E-state index in [2.05, 4.69) is 9.97 Å². The number of nitrogens with zero attached hydrogens (tertiary/aromatic N) is 5. The Morgan fingerprint density at radius 1 is 1.09 bits per heavy atom. The van der Waals surface area contributed by atoms with E-state index in [9.17, 15) is 31.5 Å². The average molecular weight is 481 g/mol. The summed E-state index contributed by atoms with van der Waals surface area (Å²) < 4.78 is 68.7. The number of alkyl halides is 5. The van der Waals surface area contributed by atoms with Crippen LogP contribution in [-0.4, -0.2) is 83.1 Å². The molecule has 0 atom stereocenters. The van der Waals surface area contributed by atoms with Crippen LogP contribution in [0.3, 0.4) is 0 Å². The van der Waals surface area contributed by atoms with Gasteiger partial charge in [-0.05, 0) is 27.2 Å². The number of hydrogen-bond donors (Lipinski definition) is 0. The molecule has 1 aliphatic rings. The summed E-state index contributed by atoms with van der Waals surface area (Å²) in [5, 5.41) is 0. The third-order valence-corrected chi connectivity index (χ3v) is 4.71. The molecule has 0 bridgehead atoms. The zero-order valence-electron chi connectivity index (χ0n) is 18.7. The molecule has 1 aromatic heterocycles. The van der Waals surface area contributed by atoms with Crippen LogP contribution in [0.5, 0.6) is 0 Å². The maximum atomic E-state index is 12.8. The first-order valence-electron chi connectivity index (χ1n) is 10.4. The van der Waals surface area contributed by atoms with Crippen LogP contribution < -0.4 is 4.90 Å². The van der Waals surface area contributed by atoms with Crippen molar-refractivity contribution in [2.75, 3.05) is 44.2 Å². The number of carbonyl (C=O) groups is 2. The zero-order chi connectivity index (χ0) is 24.8. The summed E-state index contributed by atoms with van der Waals surface area (Å²) in [4.78, 5) is 36.2. The minimum Gasteiger partial charge on any atom is -0.444 e. The molecular weight excluding hydrogens is 453 g/mol. The Morgan fingerprint density at radius 3 is 2.15 bits per heavy atom. The maximum Gasteiger partial charge on any atom is 0.419 e. The van der Waals surface area contributed by atoms with E-state index >= 15 is 0 Å². The molecule has 0 N–H and O–H groups in total. The Kier molecular flexibility index (Phi) is 8.78. The first-order chi connectivity index (χ1) is 15.3. The highest BCUT2D eigenvalue weighted by molar-refractivity contribution is 5.76. The molecule has 2 rings (SSSR count). The number of ether oxygens (including phenoxy) is 1. The van der Waals surface area contributed by atoms with Gasteiger partial charge in [0.25, 0.3) is 6.43 Å². The van der Waals surface area contributed by atoms with Crippen LogP contribution in [0.25, 0.3) is 0 Å². The lowest BCUT2D eigenvalue weighted by atomic mass is 10.2. The topological polar surface area (TPSA) is 78.9 Å². The summed E-state index contributed by atoms with van der Waals surface area (Å²) in [5.74, 6) is -0.0562. The minimum atomic E-state index is -4.52. The fourth-order valence-corrected chi connectivity index (χ4v) is 3.12. The van der Waals surface area contributed by atoms with E-state index in [1.165, 1.54) is 0 Å². The van der Waals surface area contributed by atoms with E-state index in [1.54, 1.807) is 30.6 Å². The summed E-state index contributed by atoms with van der Waals surface area (Å²) in [6, 6.07) is 0. The third kappa shape index (κ3) is 8.61. The van der Waals surface area contributed by atoms with Gasteiger partial charge >= 0.3 is 12.3 Å². The highest BCUT2D eigenvalue weighted by atomic mass is 19.4. The quantitative estimate of drug-likeness (QED) is 0.556. The fourth-order valence-electron chi connectivity index (χ4n) is 3.12. The van der Waals surface area contributed by atoms with Gasteiger partial charge in [0.15, 0.2) is 0 Å². The molecule has 0 aliphatic carbocycles. The Bertz CT molecular complexity index is 791. The summed E-state index contributed by atoms with van der Waals surface area (Å²) in [6.07, 6.45) is -6.43. The van der Waals surface area contributed by atoms with Crippen molar-refractivity contribution in [1.82, 2.24) is 19.8 Å². The standard InChI is InChI=1S/C20H28F5N5O3/c1-19(2,3)33-18(32)30(13-15(21)22)6-4-5-16(31)28-7-9-29(10-8-28)17-26-11-14(12-27-17)20(23,24)25/h11-12,15H,4-10,13H2,1-3H3. The molecule has 8 nitrogen and oxygen atoms in total. The molecule has 1 aromatic rings. The molecular formula is C20H28F5N5O3. The average Bonchev–Trinajstić information content (AvgIpc) is 2.71. The third-order valence-electron chi connectivity index (χ3n) is 4.71. The van der Waals surface area contributed by atoms with E-state index in [4.69, 9.17) is 4.74 Å². The highest BCUT2D eigenvalue weighted by Gasteiger charge is 2.32. The van der Waals surface area contributed by atoms with Crippen molar-refractivity contribution in [2.45, 2.75) is 51.8 Å². The molecule has 13 heteroatoms. The van der Waals surface area contributed by atoms with Crippen LogP contribution >= 0.6 is 0 Å². The van der Waals surface area contributed by atoms with Crippen LogP contribution in [0.2, 0.25) is 0 Å². The van der Waals surface area contributed by atoms with Crippen molar-refractivity contribution in [3.8, 4) is 0 Å². The van der Waals surface area contributed by atoms with Gasteiger partial charge in [-0.15, -0.1) is 0 Å². The molecule has 2 amide bonds. The molecule has 1 fully saturated rings. The molecule has 1 aliphatic heterocycles. The van der Waals surface area contributed by atoms with E-state index in [1.807, 2.05) is 0 Å². The number of aromatic nitrogens is 2. The number of amides is 2. The van der Waals surface area contributed by atoms with Crippen molar-refractivity contribution in [3.05, 3.63) is 18.0 Å². The second-order valence-electron chi connectivity index (χ2n) is 8.56. The van der Waals surface area contributed by atoms with Gasteiger partial charge in [-0.25, -0.2) is 23.5 Å². The Hall–Kier alpha value is -2.73. The smallest absolute Gasteiger partial charge is 0.419 e. The lowest BCUT2D eigenvalue weighted by molar-refractivity contribution is -0.138. The summed E-state index contributed by atoms with van der Waals surface area (Å²) in [6.45, 7) is 5.36. The van der Waals surface area contributed by atoms with Crippen molar-refractivity contribution >= 4 is 17.9 Å². The predicted octanol–water partition coefficient (Wildman–Crippen LogP) is 3.43. The Morgan fingerprint density at radius 2 is 1.67 bits per heavy atom. The van der Waals surface area contributed by atoms with Crippen LogP contribution in [0, 0.1) is 0 Å². The number of halogens is 5. The number of hydrogen-bond acceptors (Lipinski definition) is 6. The van der Waals surface area contributed by atoms with Crippen LogP contribution in [0.15, 0.2) is 12.4 Å². The molecule has 0 unspecified atom stereocenters. The van der Waals surface area contributed by atoms with Gasteiger partial charge in [0, 0.05) is 51.5 Å². The van der Waals surface area contributed by atoms with Crippen molar-refractivity contribution in [2.24, 2.45) is 0 Å². The maximum absolute atomic E-state index is 12.8. The summed E-state index contributed by atoms with van der Waals surface area (Å²) in [7, 11) is 0. The van der Waals surface area contributed by atoms with Crippen molar-refractivity contribution < 1.29 is 36.3 Å². The van der Waals surface area contributed by atoms with Gasteiger partial charge in [-0.2, -0.15) is 13.2 Å². The van der Waals surface area contributed by atoms with Gasteiger partial charge in [0.1, 0.15) is 5.60 Å². The lowest BCUT2D eigenvalue weighted by Gasteiger charge is -2.35. The van der Waals surface area contributed by atoms with Crippen molar-refractivity contribution in [1.29, 1.82) is 0 Å². The molecule has 33 heavy (non-hydrogen) atoms. The lowest BCUT2D eigenvalue weighted by Crippen LogP contribution is -2.49. The first-order valence-corrected chi connectivity index (χ1v) is 10.4. The van der Waals surface area contributed by atoms with Gasteiger partial charge < -0.3 is 19.4 Å². The molecule has 0 spiro atoms. The molecule has 0 saturated carbocycles. The van der Waals surface area contributed by atoms with Gasteiger partial charge in [-0.3, -0.25) is 4.79 Å². The van der Waals surface area contributed by atoms with Crippen LogP contribution in [-0.2, 0) is 15.7 Å². The number of anilines is 1. The Labute approximate surface area is 188 Å². The summed E-state index contributed by atoms with van der Waals surface area (Å²) >= 11 is 0. The van der Waals surface area contributed by atoms with E-state index < -0.39 is 36.4 Å². The molecule has 0 radical (unpaired) electrons. The predicted molar refractivity (Wildman–Crippen MR) is 109 cm³/mol. The van der Waals surface area contributed by atoms with Crippen molar-refractivity contribution in [3.63, 3.8) is 0 Å². The molecule has 2 heterocycles. The minimum absolute atomic E-state index is 0.0512. The number of piperazine rings is 1. The highest BCUT2D eigenvalue weighted by Crippen LogP contribution is 2.28. The zero-order valence-corrected chi connectivity index (χ0v) is 18.7. The van der Waals surface area contributed by atoms with Crippen LogP contribution in [0.4, 0.5) is 32.7 Å². The Balaban J connectivity index is 1.81. The second-order valence-corrected chi connectivity index (χ2v) is 8.56. The monoisotopic (exact) mass is 481 g/mol. The first kappa shape index (κ1) is 26.5. The van der Waals surface area contributed by atoms with E-state index in [0.717, 1.165) is 17.3 Å². The molecule has 0 aromatic carbocycles. The fraction of sp³-hybridized carbons (Fsp3) is 0.700. The van der Waals surface area contributed by atoms with Gasteiger partial charge in [0.05, 0.1) is 12.1 Å². The molecule has 1 saturated heterocycles. The van der Waals surface area contributed by atoms with E-state index in [-0.39, 0.29) is 31.2 Å². The largest absolute Gasteiger partial charge is 0.444 e. The summed E-state index contributed by atoms with van der Waals surface area (Å²) in [5.41, 5.74) is -1.77. The van der Waals surface area contributed by atoms with Gasteiger partial charge in [-0.1, -0.05) is 0 Å². The SMILES string of the molecule is CC(C)(C)OC(=O)N(CCCC(=O)N1CCN(c2ncc(C(F)(F)F)cn2)CC1)CC(F)F. The number of rotatable bonds is 7. The number of carbonyl (C=O) groups excluding carboxylic acids is 2. The normalized spacial score (nSPS) is 15.1.